The van der Waals surface area contributed by atoms with Gasteiger partial charge in [0.25, 0.3) is 5.91 Å². The predicted molar refractivity (Wildman–Crippen MR) is 124 cm³/mol. The number of amides is 3. The van der Waals surface area contributed by atoms with Crippen LogP contribution in [0.5, 0.6) is 5.75 Å². The zero-order chi connectivity index (χ0) is 23.2. The summed E-state index contributed by atoms with van der Waals surface area (Å²) in [5, 5.41) is 14.6. The van der Waals surface area contributed by atoms with E-state index in [1.807, 2.05) is 25.1 Å². The summed E-state index contributed by atoms with van der Waals surface area (Å²) < 4.78 is 18.9. The van der Waals surface area contributed by atoms with Gasteiger partial charge in [0.1, 0.15) is 16.6 Å². The first-order chi connectivity index (χ1) is 16.0. The van der Waals surface area contributed by atoms with Gasteiger partial charge in [-0.2, -0.15) is 0 Å². The van der Waals surface area contributed by atoms with E-state index in [1.165, 1.54) is 29.5 Å². The van der Waals surface area contributed by atoms with Crippen LogP contribution in [0.2, 0.25) is 0 Å². The van der Waals surface area contributed by atoms with Crippen LogP contribution in [0.1, 0.15) is 40.5 Å². The number of nitrogens with zero attached hydrogens (tertiary/aromatic N) is 3. The molecule has 1 fully saturated rings. The van der Waals surface area contributed by atoms with Crippen LogP contribution in [0.4, 0.5) is 20.6 Å². The Morgan fingerprint density at radius 2 is 2.03 bits per heavy atom. The Morgan fingerprint density at radius 1 is 1.18 bits per heavy atom. The van der Waals surface area contributed by atoms with Crippen molar-refractivity contribution in [2.24, 2.45) is 0 Å². The van der Waals surface area contributed by atoms with Gasteiger partial charge in [0.2, 0.25) is 5.01 Å². The molecule has 1 aliphatic rings. The van der Waals surface area contributed by atoms with Gasteiger partial charge in [-0.15, -0.1) is 10.2 Å². The molecule has 0 bridgehead atoms. The Kier molecular flexibility index (Phi) is 7.13. The fourth-order valence-electron chi connectivity index (χ4n) is 3.65. The van der Waals surface area contributed by atoms with Crippen LogP contribution >= 0.6 is 11.3 Å². The number of hydrogen-bond acceptors (Lipinski definition) is 6. The summed E-state index contributed by atoms with van der Waals surface area (Å²) in [5.41, 5.74) is 0.975. The third-order valence-corrected chi connectivity index (χ3v) is 6.29. The van der Waals surface area contributed by atoms with E-state index in [4.69, 9.17) is 4.74 Å². The summed E-state index contributed by atoms with van der Waals surface area (Å²) in [6.07, 6.45) is 1.66. The monoisotopic (exact) mass is 469 g/mol. The lowest BCUT2D eigenvalue weighted by atomic mass is 9.99. The third kappa shape index (κ3) is 5.64. The molecule has 3 aromatic rings. The molecule has 3 amide bonds. The van der Waals surface area contributed by atoms with Crippen LogP contribution in [0.3, 0.4) is 0 Å². The maximum absolute atomic E-state index is 13.3. The highest BCUT2D eigenvalue weighted by molar-refractivity contribution is 7.13. The number of benzene rings is 2. The largest absolute Gasteiger partial charge is 0.492 e. The SMILES string of the molecule is CCOc1ccccc1NC(=O)N1CCCC(c2nnc(C(=O)Nc3cccc(F)c3)s2)C1. The Labute approximate surface area is 194 Å². The van der Waals surface area contributed by atoms with Gasteiger partial charge in [-0.25, -0.2) is 9.18 Å². The molecule has 2 aromatic carbocycles. The van der Waals surface area contributed by atoms with Gasteiger partial charge in [0.15, 0.2) is 0 Å². The van der Waals surface area contributed by atoms with Crippen LogP contribution < -0.4 is 15.4 Å². The molecule has 0 saturated carbocycles. The number of urea groups is 1. The zero-order valence-electron chi connectivity index (χ0n) is 18.1. The smallest absolute Gasteiger partial charge is 0.321 e. The van der Waals surface area contributed by atoms with Gasteiger partial charge in [0, 0.05) is 24.7 Å². The number of piperidine rings is 1. The summed E-state index contributed by atoms with van der Waals surface area (Å²) in [7, 11) is 0. The predicted octanol–water partition coefficient (Wildman–Crippen LogP) is 4.74. The molecule has 1 saturated heterocycles. The molecule has 4 rings (SSSR count). The van der Waals surface area contributed by atoms with E-state index in [9.17, 15) is 14.0 Å². The normalized spacial score (nSPS) is 15.7. The first-order valence-corrected chi connectivity index (χ1v) is 11.5. The number of likely N-dealkylation sites (tertiary alicyclic amines) is 1. The summed E-state index contributed by atoms with van der Waals surface area (Å²) >= 11 is 1.19. The highest BCUT2D eigenvalue weighted by atomic mass is 32.1. The van der Waals surface area contributed by atoms with E-state index in [2.05, 4.69) is 20.8 Å². The van der Waals surface area contributed by atoms with Crippen molar-refractivity contribution in [2.75, 3.05) is 30.3 Å². The maximum atomic E-state index is 13.3. The van der Waals surface area contributed by atoms with Crippen molar-refractivity contribution in [3.63, 3.8) is 0 Å². The topological polar surface area (TPSA) is 96.4 Å². The quantitative estimate of drug-likeness (QED) is 0.544. The van der Waals surface area contributed by atoms with E-state index < -0.39 is 11.7 Å². The summed E-state index contributed by atoms with van der Waals surface area (Å²) in [6.45, 7) is 3.50. The second-order valence-electron chi connectivity index (χ2n) is 7.55. The molecule has 10 heteroatoms. The number of carbonyl (C=O) groups excluding carboxylic acids is 2. The fraction of sp³-hybridized carbons (Fsp3) is 0.304. The van der Waals surface area contributed by atoms with Crippen molar-refractivity contribution in [2.45, 2.75) is 25.7 Å². The highest BCUT2D eigenvalue weighted by Crippen LogP contribution is 2.30. The number of ether oxygens (including phenoxy) is 1. The zero-order valence-corrected chi connectivity index (χ0v) is 18.9. The van der Waals surface area contributed by atoms with Crippen LogP contribution in [0.25, 0.3) is 0 Å². The first kappa shape index (κ1) is 22.7. The number of anilines is 2. The van der Waals surface area contributed by atoms with Crippen molar-refractivity contribution in [3.8, 4) is 5.75 Å². The van der Waals surface area contributed by atoms with E-state index in [-0.39, 0.29) is 17.0 Å². The van der Waals surface area contributed by atoms with E-state index >= 15 is 0 Å². The molecular weight excluding hydrogens is 445 g/mol. The molecule has 1 aromatic heterocycles. The second-order valence-corrected chi connectivity index (χ2v) is 8.56. The van der Waals surface area contributed by atoms with Gasteiger partial charge in [0.05, 0.1) is 12.3 Å². The fourth-order valence-corrected chi connectivity index (χ4v) is 4.52. The number of aromatic nitrogens is 2. The van der Waals surface area contributed by atoms with Crippen LogP contribution in [0, 0.1) is 5.82 Å². The number of halogens is 1. The average Bonchev–Trinajstić information content (AvgIpc) is 3.31. The minimum atomic E-state index is -0.442. The number of rotatable bonds is 6. The van der Waals surface area contributed by atoms with Gasteiger partial charge < -0.3 is 20.3 Å². The second kappa shape index (κ2) is 10.4. The number of carbonyl (C=O) groups is 2. The van der Waals surface area contributed by atoms with E-state index in [1.54, 1.807) is 17.0 Å². The molecule has 8 nitrogen and oxygen atoms in total. The molecular formula is C23H24FN5O3S. The van der Waals surface area contributed by atoms with Gasteiger partial charge in [-0.3, -0.25) is 4.79 Å². The molecule has 0 aliphatic carbocycles. The van der Waals surface area contributed by atoms with E-state index in [0.717, 1.165) is 12.8 Å². The molecule has 33 heavy (non-hydrogen) atoms. The lowest BCUT2D eigenvalue weighted by Gasteiger charge is -2.31. The molecule has 0 spiro atoms. The number of hydrogen-bond donors (Lipinski definition) is 2. The van der Waals surface area contributed by atoms with Gasteiger partial charge in [-0.05, 0) is 50.1 Å². The number of nitrogens with one attached hydrogen (secondary N) is 2. The van der Waals surface area contributed by atoms with Crippen molar-refractivity contribution in [1.29, 1.82) is 0 Å². The van der Waals surface area contributed by atoms with E-state index in [0.29, 0.717) is 41.8 Å². The van der Waals surface area contributed by atoms with Crippen molar-refractivity contribution in [3.05, 3.63) is 64.4 Å². The van der Waals surface area contributed by atoms with Crippen molar-refractivity contribution >= 4 is 34.6 Å². The lowest BCUT2D eigenvalue weighted by Crippen LogP contribution is -2.41. The highest BCUT2D eigenvalue weighted by Gasteiger charge is 2.28. The van der Waals surface area contributed by atoms with Gasteiger partial charge >= 0.3 is 6.03 Å². The minimum absolute atomic E-state index is 0.0140. The molecule has 2 N–H and O–H groups in total. The lowest BCUT2D eigenvalue weighted by molar-refractivity contribution is 0.102. The molecule has 172 valence electrons. The molecule has 2 heterocycles. The Bertz CT molecular complexity index is 1140. The Morgan fingerprint density at radius 3 is 2.85 bits per heavy atom. The Hall–Kier alpha value is -3.53. The molecule has 1 atom stereocenters. The van der Waals surface area contributed by atoms with Crippen molar-refractivity contribution in [1.82, 2.24) is 15.1 Å². The van der Waals surface area contributed by atoms with Crippen LogP contribution in [0.15, 0.2) is 48.5 Å². The standard InChI is InChI=1S/C23H24FN5O3S/c1-2-32-19-11-4-3-10-18(19)26-23(31)29-12-6-7-15(14-29)21-27-28-22(33-21)20(30)25-17-9-5-8-16(24)13-17/h3-5,8-11,13,15H,2,6-7,12,14H2,1H3,(H,25,30)(H,26,31). The van der Waals surface area contributed by atoms with Crippen LogP contribution in [-0.2, 0) is 0 Å². The molecule has 1 unspecified atom stereocenters. The Balaban J connectivity index is 1.39. The molecule has 0 radical (unpaired) electrons. The maximum Gasteiger partial charge on any atom is 0.321 e. The molecule has 1 aliphatic heterocycles. The van der Waals surface area contributed by atoms with Gasteiger partial charge in [-0.1, -0.05) is 29.5 Å². The third-order valence-electron chi connectivity index (χ3n) is 5.20. The summed E-state index contributed by atoms with van der Waals surface area (Å²) in [4.78, 5) is 27.1. The summed E-state index contributed by atoms with van der Waals surface area (Å²) in [5.74, 6) is -0.266. The summed E-state index contributed by atoms with van der Waals surface area (Å²) in [6, 6.07) is 12.8. The van der Waals surface area contributed by atoms with Crippen LogP contribution in [-0.4, -0.2) is 46.7 Å². The minimum Gasteiger partial charge on any atom is -0.492 e. The first-order valence-electron chi connectivity index (χ1n) is 10.7. The van der Waals surface area contributed by atoms with Crippen molar-refractivity contribution < 1.29 is 18.7 Å². The number of para-hydroxylation sites is 2. The average molecular weight is 470 g/mol.